The van der Waals surface area contributed by atoms with Crippen molar-refractivity contribution in [2.24, 2.45) is 0 Å². The molecule has 0 spiro atoms. The number of hydrogen-bond acceptors (Lipinski definition) is 5. The molecule has 1 N–H and O–H groups in total. The molecule has 3 aromatic heterocycles. The second-order valence-electron chi connectivity index (χ2n) is 8.52. The van der Waals surface area contributed by atoms with Gasteiger partial charge in [-0.05, 0) is 26.2 Å². The van der Waals surface area contributed by atoms with Gasteiger partial charge < -0.3 is 38.2 Å². The van der Waals surface area contributed by atoms with Gasteiger partial charge in [0.25, 0.3) is 0 Å². The molecule has 0 saturated heterocycles. The predicted molar refractivity (Wildman–Crippen MR) is 131 cm³/mol. The summed E-state index contributed by atoms with van der Waals surface area (Å²) in [6.07, 6.45) is 8.58. The summed E-state index contributed by atoms with van der Waals surface area (Å²) < 4.78 is 7.51. The van der Waals surface area contributed by atoms with Gasteiger partial charge >= 0.3 is 18.9 Å². The second kappa shape index (κ2) is 12.9. The molecule has 0 unspecified atom stereocenters. The number of nitrogens with zero attached hydrogens (tertiary/aromatic N) is 4. The van der Waals surface area contributed by atoms with Gasteiger partial charge in [0.1, 0.15) is 11.4 Å². The zero-order valence-electron chi connectivity index (χ0n) is 21.1. The molecule has 4 heterocycles. The first kappa shape index (κ1) is 27.9. The van der Waals surface area contributed by atoms with Crippen LogP contribution >= 0.6 is 0 Å². The standard InChI is InChI=1S/C20H21N4O2.C6H13N.Li/c1-14-12-23-13-16(17(26-2)11-18(23)22-14)5-3-7-19(25)24-10-8-15-6-4-9-21-20(15)24;1-5(2)7-6(3)4;/h4,9,11-13H,3,5,7-8,10H2,1-2H3;5-7H,1,3H2,2,4H3;/q-1;-2;+1/t;5-,6+;. The van der Waals surface area contributed by atoms with E-state index in [1.807, 2.05) is 43.6 Å². The van der Waals surface area contributed by atoms with E-state index in [1.54, 1.807) is 24.3 Å². The number of fused-ring (bicyclic) bond motifs is 2. The summed E-state index contributed by atoms with van der Waals surface area (Å²) >= 11 is 0. The Balaban J connectivity index is 0.000000449. The number of rotatable bonds is 7. The molecular weight excluding hydrogens is 421 g/mol. The number of carbonyl (C=O) groups excluding carboxylic acids is 1. The van der Waals surface area contributed by atoms with Gasteiger partial charge in [0, 0.05) is 42.8 Å². The number of imidazole rings is 1. The van der Waals surface area contributed by atoms with Crippen LogP contribution in [0.15, 0.2) is 30.7 Å². The van der Waals surface area contributed by atoms with E-state index in [0.717, 1.165) is 53.3 Å². The Bertz CT molecular complexity index is 1070. The largest absolute Gasteiger partial charge is 1.00 e. The first-order valence-electron chi connectivity index (χ1n) is 11.4. The quantitative estimate of drug-likeness (QED) is 0.421. The molecule has 7 nitrogen and oxygen atoms in total. The fourth-order valence-corrected chi connectivity index (χ4v) is 3.99. The van der Waals surface area contributed by atoms with Crippen molar-refractivity contribution in [3.63, 3.8) is 0 Å². The SMILES string of the molecule is COc1cc2nc(C)cn2cc1CCCC(=O)N1CCc2[c-]ccnc21.[CH2-][C@H](C)N[C@@H]([CH2-])C.[Li+]. The minimum Gasteiger partial charge on any atom is -0.496 e. The van der Waals surface area contributed by atoms with Gasteiger partial charge in [-0.3, -0.25) is 4.79 Å². The van der Waals surface area contributed by atoms with Crippen LogP contribution in [-0.4, -0.2) is 46.0 Å². The first-order chi connectivity index (χ1) is 15.8. The Morgan fingerprint density at radius 3 is 2.68 bits per heavy atom. The Morgan fingerprint density at radius 2 is 2.03 bits per heavy atom. The van der Waals surface area contributed by atoms with Crippen molar-refractivity contribution in [2.75, 3.05) is 18.6 Å². The zero-order valence-corrected chi connectivity index (χ0v) is 21.1. The Labute approximate surface area is 215 Å². The Morgan fingerprint density at radius 1 is 1.29 bits per heavy atom. The summed E-state index contributed by atoms with van der Waals surface area (Å²) in [5, 5.41) is 3.08. The Kier molecular flexibility index (Phi) is 10.6. The normalized spacial score (nSPS) is 14.0. The van der Waals surface area contributed by atoms with Crippen molar-refractivity contribution >= 4 is 17.4 Å². The van der Waals surface area contributed by atoms with Crippen LogP contribution in [0.4, 0.5) is 5.82 Å². The van der Waals surface area contributed by atoms with Crippen LogP contribution in [-0.2, 0) is 17.6 Å². The molecule has 8 heteroatoms. The van der Waals surface area contributed by atoms with E-state index in [-0.39, 0.29) is 24.8 Å². The van der Waals surface area contributed by atoms with Crippen molar-refractivity contribution in [3.8, 4) is 5.75 Å². The summed E-state index contributed by atoms with van der Waals surface area (Å²) in [6, 6.07) is 7.54. The summed E-state index contributed by atoms with van der Waals surface area (Å²) in [7, 11) is 1.67. The third kappa shape index (κ3) is 7.33. The smallest absolute Gasteiger partial charge is 0.496 e. The zero-order chi connectivity index (χ0) is 24.0. The predicted octanol–water partition coefficient (Wildman–Crippen LogP) is 0.784. The molecule has 1 amide bonds. The minimum atomic E-state index is 0. The van der Waals surface area contributed by atoms with E-state index in [1.165, 1.54) is 0 Å². The minimum absolute atomic E-state index is 0. The number of aryl methyl sites for hydroxylation is 2. The van der Waals surface area contributed by atoms with Gasteiger partial charge in [-0.2, -0.15) is 12.1 Å². The van der Waals surface area contributed by atoms with E-state index in [4.69, 9.17) is 4.74 Å². The Hall–Kier alpha value is -2.33. The van der Waals surface area contributed by atoms with Crippen LogP contribution in [0.1, 0.15) is 43.5 Å². The summed E-state index contributed by atoms with van der Waals surface area (Å²) in [6.45, 7) is 14.1. The molecule has 2 atom stereocenters. The second-order valence-corrected chi connectivity index (χ2v) is 8.52. The van der Waals surface area contributed by atoms with E-state index < -0.39 is 0 Å². The number of ether oxygens (including phenoxy) is 1. The van der Waals surface area contributed by atoms with Gasteiger partial charge in [0.05, 0.1) is 12.8 Å². The van der Waals surface area contributed by atoms with E-state index >= 15 is 0 Å². The molecule has 0 saturated carbocycles. The third-order valence-electron chi connectivity index (χ3n) is 5.32. The van der Waals surface area contributed by atoms with Crippen molar-refractivity contribution in [1.29, 1.82) is 0 Å². The molecule has 0 fully saturated rings. The fourth-order valence-electron chi connectivity index (χ4n) is 3.99. The molecule has 0 aliphatic carbocycles. The molecule has 1 aliphatic heterocycles. The van der Waals surface area contributed by atoms with Gasteiger partial charge in [0.2, 0.25) is 5.91 Å². The molecule has 0 radical (unpaired) electrons. The van der Waals surface area contributed by atoms with Crippen LogP contribution in [0.25, 0.3) is 5.65 Å². The monoisotopic (exact) mass is 455 g/mol. The number of aromatic nitrogens is 3. The summed E-state index contributed by atoms with van der Waals surface area (Å²) in [5.74, 6) is 1.71. The maximum absolute atomic E-state index is 12.6. The maximum atomic E-state index is 12.6. The topological polar surface area (TPSA) is 71.8 Å². The molecule has 3 aromatic rings. The summed E-state index contributed by atoms with van der Waals surface area (Å²) in [5.41, 5.74) is 3.95. The average Bonchev–Trinajstić information content (AvgIpc) is 3.34. The van der Waals surface area contributed by atoms with Crippen LogP contribution in [0.3, 0.4) is 0 Å². The van der Waals surface area contributed by atoms with E-state index in [9.17, 15) is 4.79 Å². The maximum Gasteiger partial charge on any atom is 1.00 e. The first-order valence-corrected chi connectivity index (χ1v) is 11.4. The molecule has 4 rings (SSSR count). The number of anilines is 1. The number of hydrogen-bond donors (Lipinski definition) is 1. The number of pyridine rings is 2. The number of methoxy groups -OCH3 is 1. The van der Waals surface area contributed by atoms with E-state index in [2.05, 4.69) is 35.2 Å². The van der Waals surface area contributed by atoms with Gasteiger partial charge in [-0.25, -0.2) is 4.98 Å². The van der Waals surface area contributed by atoms with Crippen molar-refractivity contribution in [1.82, 2.24) is 19.7 Å². The van der Waals surface area contributed by atoms with Gasteiger partial charge in [-0.15, -0.1) is 17.6 Å². The number of carbonyl (C=O) groups is 1. The van der Waals surface area contributed by atoms with Crippen LogP contribution in [0, 0.1) is 26.8 Å². The fraction of sp³-hybridized carbons (Fsp3) is 0.423. The van der Waals surface area contributed by atoms with Gasteiger partial charge in [-0.1, -0.05) is 20.0 Å². The van der Waals surface area contributed by atoms with Crippen molar-refractivity contribution < 1.29 is 28.4 Å². The number of nitrogens with one attached hydrogen (secondary N) is 1. The molecule has 1 aliphatic rings. The summed E-state index contributed by atoms with van der Waals surface area (Å²) in [4.78, 5) is 23.2. The van der Waals surface area contributed by atoms with Crippen molar-refractivity contribution in [2.45, 2.75) is 58.5 Å². The van der Waals surface area contributed by atoms with Crippen LogP contribution < -0.4 is 33.8 Å². The molecule has 178 valence electrons. The third-order valence-corrected chi connectivity index (χ3v) is 5.32. The molecule has 0 bridgehead atoms. The van der Waals surface area contributed by atoms with Crippen LogP contribution in [0.2, 0.25) is 0 Å². The molecule has 0 aromatic carbocycles. The van der Waals surface area contributed by atoms with Gasteiger partial charge in [0.15, 0.2) is 0 Å². The van der Waals surface area contributed by atoms with Crippen molar-refractivity contribution in [3.05, 3.63) is 67.5 Å². The number of amides is 1. The van der Waals surface area contributed by atoms with Crippen LogP contribution in [0.5, 0.6) is 5.75 Å². The molecular formula is C26H34LiN5O2-2. The average molecular weight is 456 g/mol. The molecule has 34 heavy (non-hydrogen) atoms. The van der Waals surface area contributed by atoms with E-state index in [0.29, 0.717) is 25.0 Å².